The third-order valence-corrected chi connectivity index (χ3v) is 3.80. The lowest BCUT2D eigenvalue weighted by atomic mass is 10.1. The van der Waals surface area contributed by atoms with Gasteiger partial charge in [0.15, 0.2) is 11.5 Å². The molecule has 6 heteroatoms. The topological polar surface area (TPSA) is 69.2 Å². The number of carbonyl (C=O) groups excluding carboxylic acids is 1. The highest BCUT2D eigenvalue weighted by Gasteiger charge is 2.18. The van der Waals surface area contributed by atoms with E-state index in [1.54, 1.807) is 18.2 Å². The quantitative estimate of drug-likeness (QED) is 0.672. The fraction of sp³-hybridized carbons (Fsp3) is 0.300. The number of hydrogen-bond donors (Lipinski definition) is 1. The number of amidine groups is 1. The van der Waals surface area contributed by atoms with E-state index < -0.39 is 0 Å². The van der Waals surface area contributed by atoms with Crippen LogP contribution in [0.3, 0.4) is 0 Å². The molecule has 1 N–H and O–H groups in total. The normalized spacial score (nSPS) is 14.2. The van der Waals surface area contributed by atoms with E-state index in [4.69, 9.17) is 14.2 Å². The lowest BCUT2D eigenvalue weighted by Gasteiger charge is -2.16. The molecule has 1 aliphatic rings. The van der Waals surface area contributed by atoms with Crippen molar-refractivity contribution >= 4 is 11.9 Å². The zero-order valence-corrected chi connectivity index (χ0v) is 15.1. The standard InChI is InChI=1S/C20H22N2O4/c1-13(2)26-20(21-14(3)15-7-5-4-6-8-15)22-19(23)16-9-10-17-18(11-16)25-12-24-17/h4-11,13-14H,12H2,1-3H3,(H,21,22,23)/t14-/m0/s1. The van der Waals surface area contributed by atoms with Gasteiger partial charge in [0.25, 0.3) is 11.9 Å². The van der Waals surface area contributed by atoms with Crippen LogP contribution in [0.1, 0.15) is 42.7 Å². The van der Waals surface area contributed by atoms with Crippen LogP contribution in [0.25, 0.3) is 0 Å². The van der Waals surface area contributed by atoms with Gasteiger partial charge in [0.1, 0.15) is 0 Å². The van der Waals surface area contributed by atoms with Gasteiger partial charge in [0, 0.05) is 5.56 Å². The van der Waals surface area contributed by atoms with Crippen LogP contribution in [-0.2, 0) is 4.74 Å². The zero-order chi connectivity index (χ0) is 18.5. The van der Waals surface area contributed by atoms with E-state index in [0.29, 0.717) is 17.1 Å². The molecule has 0 unspecified atom stereocenters. The first-order chi connectivity index (χ1) is 12.5. The van der Waals surface area contributed by atoms with E-state index >= 15 is 0 Å². The Morgan fingerprint density at radius 1 is 1.08 bits per heavy atom. The van der Waals surface area contributed by atoms with Crippen molar-refractivity contribution in [3.05, 3.63) is 59.7 Å². The predicted molar refractivity (Wildman–Crippen MR) is 98.5 cm³/mol. The Morgan fingerprint density at radius 2 is 1.81 bits per heavy atom. The number of carbonyl (C=O) groups is 1. The first-order valence-electron chi connectivity index (χ1n) is 8.53. The molecule has 1 amide bonds. The Bertz CT molecular complexity index is 803. The summed E-state index contributed by atoms with van der Waals surface area (Å²) in [6.45, 7) is 5.88. The van der Waals surface area contributed by atoms with Crippen LogP contribution < -0.4 is 14.8 Å². The first kappa shape index (κ1) is 17.8. The van der Waals surface area contributed by atoms with Crippen molar-refractivity contribution in [1.29, 1.82) is 0 Å². The summed E-state index contributed by atoms with van der Waals surface area (Å²) in [5, 5.41) is 2.75. The predicted octanol–water partition coefficient (Wildman–Crippen LogP) is 3.69. The van der Waals surface area contributed by atoms with Gasteiger partial charge in [-0.15, -0.1) is 0 Å². The molecule has 0 aliphatic carbocycles. The van der Waals surface area contributed by atoms with Gasteiger partial charge < -0.3 is 14.2 Å². The first-order valence-corrected chi connectivity index (χ1v) is 8.53. The molecule has 1 atom stereocenters. The van der Waals surface area contributed by atoms with Gasteiger partial charge in [0.05, 0.1) is 12.1 Å². The van der Waals surface area contributed by atoms with Crippen molar-refractivity contribution in [2.75, 3.05) is 6.79 Å². The van der Waals surface area contributed by atoms with E-state index in [1.165, 1.54) is 0 Å². The molecule has 2 aromatic rings. The molecular weight excluding hydrogens is 332 g/mol. The van der Waals surface area contributed by atoms with E-state index in [0.717, 1.165) is 5.56 Å². The van der Waals surface area contributed by atoms with Gasteiger partial charge in [-0.3, -0.25) is 10.1 Å². The van der Waals surface area contributed by atoms with Crippen molar-refractivity contribution in [2.45, 2.75) is 32.9 Å². The molecule has 26 heavy (non-hydrogen) atoms. The minimum atomic E-state index is -0.317. The van der Waals surface area contributed by atoms with E-state index in [2.05, 4.69) is 10.3 Å². The summed E-state index contributed by atoms with van der Waals surface area (Å²) in [5.74, 6) is 0.869. The molecule has 0 spiro atoms. The SMILES string of the molecule is CC(C)OC(=N[C@@H](C)c1ccccc1)NC(=O)c1ccc2c(c1)OCO2. The molecule has 0 bridgehead atoms. The number of hydrogen-bond acceptors (Lipinski definition) is 5. The Hall–Kier alpha value is -3.02. The monoisotopic (exact) mass is 354 g/mol. The average Bonchev–Trinajstić information content (AvgIpc) is 3.09. The van der Waals surface area contributed by atoms with E-state index in [1.807, 2.05) is 51.1 Å². The minimum Gasteiger partial charge on any atom is -0.462 e. The molecule has 0 fully saturated rings. The van der Waals surface area contributed by atoms with Crippen LogP contribution in [0.2, 0.25) is 0 Å². The molecule has 1 heterocycles. The fourth-order valence-corrected chi connectivity index (χ4v) is 2.50. The summed E-state index contributed by atoms with van der Waals surface area (Å²) in [7, 11) is 0. The van der Waals surface area contributed by atoms with Gasteiger partial charge in [0.2, 0.25) is 6.79 Å². The van der Waals surface area contributed by atoms with E-state index in [-0.39, 0.29) is 30.9 Å². The van der Waals surface area contributed by atoms with Gasteiger partial charge in [-0.25, -0.2) is 4.99 Å². The zero-order valence-electron chi connectivity index (χ0n) is 15.1. The van der Waals surface area contributed by atoms with Gasteiger partial charge >= 0.3 is 0 Å². The van der Waals surface area contributed by atoms with Gasteiger partial charge in [-0.2, -0.15) is 0 Å². The number of ether oxygens (including phenoxy) is 3. The Kier molecular flexibility index (Phi) is 5.41. The Balaban J connectivity index is 1.77. The third kappa shape index (κ3) is 4.33. The molecule has 3 rings (SSSR count). The maximum absolute atomic E-state index is 12.6. The number of fused-ring (bicyclic) bond motifs is 1. The molecule has 0 aromatic heterocycles. The van der Waals surface area contributed by atoms with Crippen LogP contribution in [0.5, 0.6) is 11.5 Å². The summed E-state index contributed by atoms with van der Waals surface area (Å²) in [6, 6.07) is 14.9. The Labute approximate surface area is 152 Å². The third-order valence-electron chi connectivity index (χ3n) is 3.80. The summed E-state index contributed by atoms with van der Waals surface area (Å²) in [6.07, 6.45) is -0.117. The molecule has 2 aromatic carbocycles. The number of nitrogens with zero attached hydrogens (tertiary/aromatic N) is 1. The minimum absolute atomic E-state index is 0.117. The maximum Gasteiger partial charge on any atom is 0.292 e. The summed E-state index contributed by atoms with van der Waals surface area (Å²) < 4.78 is 16.3. The molecule has 0 saturated heterocycles. The largest absolute Gasteiger partial charge is 0.462 e. The fourth-order valence-electron chi connectivity index (χ4n) is 2.50. The number of amides is 1. The van der Waals surface area contributed by atoms with Crippen LogP contribution in [0, 0.1) is 0 Å². The molecule has 136 valence electrons. The van der Waals surface area contributed by atoms with Gasteiger partial charge in [-0.05, 0) is 44.5 Å². The molecular formula is C20H22N2O4. The highest BCUT2D eigenvalue weighted by Crippen LogP contribution is 2.32. The van der Waals surface area contributed by atoms with Crippen LogP contribution in [-0.4, -0.2) is 24.8 Å². The van der Waals surface area contributed by atoms with Crippen LogP contribution in [0.4, 0.5) is 0 Å². The van der Waals surface area contributed by atoms with Crippen molar-refractivity contribution < 1.29 is 19.0 Å². The number of benzene rings is 2. The highest BCUT2D eigenvalue weighted by molar-refractivity contribution is 6.04. The molecule has 0 saturated carbocycles. The van der Waals surface area contributed by atoms with Crippen LogP contribution >= 0.6 is 0 Å². The highest BCUT2D eigenvalue weighted by atomic mass is 16.7. The molecule has 6 nitrogen and oxygen atoms in total. The average molecular weight is 354 g/mol. The number of nitrogens with one attached hydrogen (secondary N) is 1. The van der Waals surface area contributed by atoms with E-state index in [9.17, 15) is 4.79 Å². The lowest BCUT2D eigenvalue weighted by Crippen LogP contribution is -2.34. The second-order valence-corrected chi connectivity index (χ2v) is 6.21. The van der Waals surface area contributed by atoms with Crippen molar-refractivity contribution in [2.24, 2.45) is 4.99 Å². The smallest absolute Gasteiger partial charge is 0.292 e. The summed E-state index contributed by atoms with van der Waals surface area (Å²) in [4.78, 5) is 17.1. The van der Waals surface area contributed by atoms with Crippen molar-refractivity contribution in [3.63, 3.8) is 0 Å². The Morgan fingerprint density at radius 3 is 2.54 bits per heavy atom. The molecule has 0 radical (unpaired) electrons. The summed E-state index contributed by atoms with van der Waals surface area (Å²) >= 11 is 0. The maximum atomic E-state index is 12.6. The van der Waals surface area contributed by atoms with Crippen LogP contribution in [0.15, 0.2) is 53.5 Å². The second kappa shape index (κ2) is 7.91. The number of rotatable bonds is 4. The number of aliphatic imine (C=N–C) groups is 1. The van der Waals surface area contributed by atoms with Crippen molar-refractivity contribution in [3.8, 4) is 11.5 Å². The summed E-state index contributed by atoms with van der Waals surface area (Å²) in [5.41, 5.74) is 1.48. The second-order valence-electron chi connectivity index (χ2n) is 6.21. The van der Waals surface area contributed by atoms with Crippen molar-refractivity contribution in [1.82, 2.24) is 5.32 Å². The lowest BCUT2D eigenvalue weighted by molar-refractivity contribution is 0.0959. The molecule has 1 aliphatic heterocycles. The van der Waals surface area contributed by atoms with Gasteiger partial charge in [-0.1, -0.05) is 30.3 Å².